The summed E-state index contributed by atoms with van der Waals surface area (Å²) in [4.78, 5) is 63.4. The SMILES string of the molecule is CNc1cccc(CC2CN(c3ccc(C[C@H](NC(=O)c4c(Cl)cccc4Cl)C(=O)O)cc3)C2)n1.CNc1cccc(CC2CN(c3ccc(C[C@H](NC(=O)c4c(Cl)cccc4Cl)C(=O)OC)cc3)C2)n1. The van der Waals surface area contributed by atoms with Crippen LogP contribution in [0.1, 0.15) is 43.2 Å². The van der Waals surface area contributed by atoms with E-state index in [-0.39, 0.29) is 44.1 Å². The summed E-state index contributed by atoms with van der Waals surface area (Å²) < 4.78 is 4.91. The first-order chi connectivity index (χ1) is 34.2. The van der Waals surface area contributed by atoms with Gasteiger partial charge in [0.2, 0.25) is 0 Å². The minimum Gasteiger partial charge on any atom is -0.480 e. The number of halogens is 4. The average Bonchev–Trinajstić information content (AvgIpc) is 3.33. The van der Waals surface area contributed by atoms with Crippen molar-refractivity contribution in [2.24, 2.45) is 11.8 Å². The van der Waals surface area contributed by atoms with Crippen LogP contribution < -0.4 is 31.1 Å². The molecule has 14 nitrogen and oxygen atoms in total. The molecule has 18 heteroatoms. The summed E-state index contributed by atoms with van der Waals surface area (Å²) in [6.07, 6.45) is 2.29. The molecule has 4 aromatic carbocycles. The molecule has 2 atom stereocenters. The maximum atomic E-state index is 12.8. The third-order valence-corrected chi connectivity index (χ3v) is 13.6. The predicted molar refractivity (Wildman–Crippen MR) is 282 cm³/mol. The maximum Gasteiger partial charge on any atom is 0.328 e. The molecule has 71 heavy (non-hydrogen) atoms. The van der Waals surface area contributed by atoms with Crippen LogP contribution >= 0.6 is 46.4 Å². The van der Waals surface area contributed by atoms with E-state index < -0.39 is 35.8 Å². The van der Waals surface area contributed by atoms with E-state index in [1.165, 1.54) is 19.2 Å². The fraction of sp³-hybridized carbons (Fsp3) is 0.283. The molecule has 8 rings (SSSR count). The van der Waals surface area contributed by atoms with Gasteiger partial charge in [-0.3, -0.25) is 9.59 Å². The lowest BCUT2D eigenvalue weighted by Crippen LogP contribution is -2.47. The number of carbonyl (C=O) groups is 4. The van der Waals surface area contributed by atoms with Gasteiger partial charge in [-0.05, 0) is 109 Å². The number of carboxylic acids is 1. The van der Waals surface area contributed by atoms with Crippen LogP contribution in [0.4, 0.5) is 23.0 Å². The second-order valence-electron chi connectivity index (χ2n) is 17.3. The number of hydrogen-bond donors (Lipinski definition) is 5. The number of anilines is 4. The predicted octanol–water partition coefficient (Wildman–Crippen LogP) is 9.16. The third-order valence-electron chi connectivity index (χ3n) is 12.3. The quantitative estimate of drug-likeness (QED) is 0.0517. The molecular formula is C53H54Cl4N8O6. The largest absolute Gasteiger partial charge is 0.480 e. The molecule has 2 aromatic heterocycles. The van der Waals surface area contributed by atoms with Crippen molar-refractivity contribution in [2.45, 2.75) is 37.8 Å². The summed E-state index contributed by atoms with van der Waals surface area (Å²) in [6, 6.07) is 35.3. The zero-order chi connectivity index (χ0) is 50.6. The molecule has 2 fully saturated rings. The molecule has 2 amide bonds. The smallest absolute Gasteiger partial charge is 0.328 e. The number of aliphatic carboxylic acids is 1. The van der Waals surface area contributed by atoms with Gasteiger partial charge in [-0.25, -0.2) is 19.6 Å². The lowest BCUT2D eigenvalue weighted by Gasteiger charge is -2.41. The van der Waals surface area contributed by atoms with Gasteiger partial charge in [0.05, 0.1) is 38.3 Å². The number of ether oxygens (including phenoxy) is 1. The number of carbonyl (C=O) groups excluding carboxylic acids is 3. The Morgan fingerprint density at radius 1 is 0.577 bits per heavy atom. The van der Waals surface area contributed by atoms with Gasteiger partial charge in [0, 0.05) is 75.9 Å². The van der Waals surface area contributed by atoms with Gasteiger partial charge in [0.1, 0.15) is 23.7 Å². The number of benzene rings is 4. The molecule has 0 saturated carbocycles. The highest BCUT2D eigenvalue weighted by molar-refractivity contribution is 6.40. The Morgan fingerprint density at radius 3 is 1.31 bits per heavy atom. The van der Waals surface area contributed by atoms with Crippen molar-refractivity contribution in [3.8, 4) is 0 Å². The molecule has 4 heterocycles. The topological polar surface area (TPSA) is 178 Å². The first-order valence-corrected chi connectivity index (χ1v) is 24.5. The molecule has 0 unspecified atom stereocenters. The lowest BCUT2D eigenvalue weighted by atomic mass is 9.93. The number of hydrogen-bond acceptors (Lipinski definition) is 11. The zero-order valence-electron chi connectivity index (χ0n) is 39.3. The summed E-state index contributed by atoms with van der Waals surface area (Å²) in [7, 11) is 5.02. The first kappa shape index (κ1) is 52.2. The number of pyridine rings is 2. The number of rotatable bonds is 18. The highest BCUT2D eigenvalue weighted by Crippen LogP contribution is 2.30. The van der Waals surface area contributed by atoms with Crippen molar-refractivity contribution in [2.75, 3.05) is 67.8 Å². The maximum absolute atomic E-state index is 12.8. The minimum absolute atomic E-state index is 0.0673. The summed E-state index contributed by atoms with van der Waals surface area (Å²) in [5.41, 5.74) is 6.27. The van der Waals surface area contributed by atoms with Gasteiger partial charge in [-0.15, -0.1) is 0 Å². The van der Waals surface area contributed by atoms with E-state index in [9.17, 15) is 24.3 Å². The van der Waals surface area contributed by atoms with Gasteiger partial charge in [-0.2, -0.15) is 0 Å². The van der Waals surface area contributed by atoms with E-state index in [1.54, 1.807) is 24.3 Å². The van der Waals surface area contributed by atoms with Crippen LogP contribution in [0.25, 0.3) is 0 Å². The van der Waals surface area contributed by atoms with Crippen LogP contribution in [0.5, 0.6) is 0 Å². The molecule has 6 aromatic rings. The van der Waals surface area contributed by atoms with Gasteiger partial charge >= 0.3 is 11.9 Å². The Hall–Kier alpha value is -6.58. The van der Waals surface area contributed by atoms with Crippen LogP contribution in [0.15, 0.2) is 121 Å². The lowest BCUT2D eigenvalue weighted by molar-refractivity contribution is -0.143. The Balaban J connectivity index is 0.000000209. The summed E-state index contributed by atoms with van der Waals surface area (Å²) in [6.45, 7) is 3.81. The first-order valence-electron chi connectivity index (χ1n) is 23.0. The van der Waals surface area contributed by atoms with Crippen molar-refractivity contribution in [1.29, 1.82) is 0 Å². The van der Waals surface area contributed by atoms with Crippen LogP contribution in [-0.2, 0) is 40.0 Å². The fourth-order valence-corrected chi connectivity index (χ4v) is 9.60. The number of esters is 1. The van der Waals surface area contributed by atoms with Crippen LogP contribution in [0.2, 0.25) is 20.1 Å². The number of amides is 2. The van der Waals surface area contributed by atoms with E-state index in [0.717, 1.165) is 84.5 Å². The van der Waals surface area contributed by atoms with E-state index in [0.29, 0.717) is 11.8 Å². The van der Waals surface area contributed by atoms with Gasteiger partial charge in [0.25, 0.3) is 11.8 Å². The molecule has 370 valence electrons. The van der Waals surface area contributed by atoms with E-state index in [1.807, 2.05) is 86.9 Å². The summed E-state index contributed by atoms with van der Waals surface area (Å²) in [5.74, 6) is 0.0300. The highest BCUT2D eigenvalue weighted by atomic mass is 35.5. The molecule has 5 N–H and O–H groups in total. The monoisotopic (exact) mass is 1040 g/mol. The van der Waals surface area contributed by atoms with E-state index in [2.05, 4.69) is 53.2 Å². The Morgan fingerprint density at radius 2 is 0.944 bits per heavy atom. The van der Waals surface area contributed by atoms with Crippen molar-refractivity contribution in [3.05, 3.63) is 175 Å². The molecule has 0 bridgehead atoms. The van der Waals surface area contributed by atoms with Gasteiger partial charge < -0.3 is 40.9 Å². The fourth-order valence-electron chi connectivity index (χ4n) is 8.46. The van der Waals surface area contributed by atoms with Crippen molar-refractivity contribution in [3.63, 3.8) is 0 Å². The van der Waals surface area contributed by atoms with Crippen LogP contribution in [0, 0.1) is 11.8 Å². The molecule has 2 aliphatic heterocycles. The molecule has 2 aliphatic rings. The van der Waals surface area contributed by atoms with E-state index >= 15 is 0 Å². The van der Waals surface area contributed by atoms with Gasteiger partial charge in [0.15, 0.2) is 0 Å². The second-order valence-corrected chi connectivity index (χ2v) is 19.0. The molecule has 2 saturated heterocycles. The summed E-state index contributed by atoms with van der Waals surface area (Å²) >= 11 is 24.4. The van der Waals surface area contributed by atoms with Crippen LogP contribution in [0.3, 0.4) is 0 Å². The zero-order valence-corrected chi connectivity index (χ0v) is 42.3. The van der Waals surface area contributed by atoms with Crippen LogP contribution in [-0.4, -0.2) is 98.3 Å². The standard InChI is InChI=1S/C27H28Cl2N4O3.C26H26Cl2N4O3/c1-30-24-8-3-5-19(31-24)13-18-15-33(16-18)20-11-9-17(10-12-20)14-23(27(35)36-2)32-26(34)25-21(28)6-4-7-22(25)29;1-29-23-7-2-4-18(30-23)12-17-14-32(15-17)19-10-8-16(9-11-19)13-22(26(34)35)31-25(33)24-20(27)5-3-6-21(24)28/h3-12,18,23H,13-16H2,1-2H3,(H,30,31)(H,32,34);2-11,17,22H,12-15H2,1H3,(H,29,30)(H,31,33)(H,34,35)/t23-;22-/m00/s1. The highest BCUT2D eigenvalue weighted by Gasteiger charge is 2.30. The number of nitrogens with one attached hydrogen (secondary N) is 4. The minimum atomic E-state index is -1.13. The molecule has 0 radical (unpaired) electrons. The van der Waals surface area contributed by atoms with E-state index in [4.69, 9.17) is 51.1 Å². The molecule has 0 aliphatic carbocycles. The van der Waals surface area contributed by atoms with Crippen molar-refractivity contribution < 1.29 is 29.0 Å². The third kappa shape index (κ3) is 13.9. The Bertz CT molecular complexity index is 2790. The Labute approximate surface area is 433 Å². The molecule has 0 spiro atoms. The average molecular weight is 1040 g/mol. The second kappa shape index (κ2) is 24.5. The number of carboxylic acid groups (broad SMARTS) is 1. The van der Waals surface area contributed by atoms with Crippen molar-refractivity contribution in [1.82, 2.24) is 20.6 Å². The Kier molecular flexibility index (Phi) is 18.0. The van der Waals surface area contributed by atoms with Gasteiger partial charge in [-0.1, -0.05) is 94.9 Å². The number of nitrogens with zero attached hydrogens (tertiary/aromatic N) is 4. The number of methoxy groups -OCH3 is 1. The normalized spacial score (nSPS) is 14.1. The summed E-state index contributed by atoms with van der Waals surface area (Å²) in [5, 5.41) is 21.8. The number of aromatic nitrogens is 2. The molecular weight excluding hydrogens is 986 g/mol. The van der Waals surface area contributed by atoms with Crippen molar-refractivity contribution >= 4 is 93.2 Å².